The molecule has 6 nitrogen and oxygen atoms in total. The highest BCUT2D eigenvalue weighted by Crippen LogP contribution is 2.22. The molecule has 1 atom stereocenters. The van der Waals surface area contributed by atoms with Crippen molar-refractivity contribution in [3.05, 3.63) is 63.6 Å². The van der Waals surface area contributed by atoms with E-state index in [9.17, 15) is 13.2 Å². The van der Waals surface area contributed by atoms with Gasteiger partial charge in [-0.25, -0.2) is 13.1 Å². The highest BCUT2D eigenvalue weighted by atomic mass is 35.5. The van der Waals surface area contributed by atoms with Crippen molar-refractivity contribution in [2.45, 2.75) is 24.3 Å². The Bertz CT molecular complexity index is 935. The van der Waals surface area contributed by atoms with Crippen LogP contribution in [0.25, 0.3) is 0 Å². The van der Waals surface area contributed by atoms with Gasteiger partial charge < -0.3 is 10.1 Å². The van der Waals surface area contributed by atoms with Crippen LogP contribution in [0.2, 0.25) is 10.0 Å². The molecule has 0 bridgehead atoms. The summed E-state index contributed by atoms with van der Waals surface area (Å²) in [7, 11) is -2.23. The third-order valence-electron chi connectivity index (χ3n) is 3.92. The van der Waals surface area contributed by atoms with Gasteiger partial charge in [0.2, 0.25) is 10.0 Å². The highest BCUT2D eigenvalue weighted by Gasteiger charge is 2.17. The fourth-order valence-corrected chi connectivity index (χ4v) is 4.09. The molecule has 28 heavy (non-hydrogen) atoms. The second kappa shape index (κ2) is 10.2. The molecule has 1 amide bonds. The Hall–Kier alpha value is -1.64. The van der Waals surface area contributed by atoms with Gasteiger partial charge in [-0.15, -0.1) is 0 Å². The molecule has 9 heteroatoms. The Balaban J connectivity index is 2.05. The van der Waals surface area contributed by atoms with Gasteiger partial charge in [-0.05, 0) is 49.2 Å². The largest absolute Gasteiger partial charge is 0.383 e. The summed E-state index contributed by atoms with van der Waals surface area (Å²) in [4.78, 5) is 12.5. The van der Waals surface area contributed by atoms with E-state index in [1.165, 1.54) is 25.3 Å². The minimum absolute atomic E-state index is 0.0182. The smallest absolute Gasteiger partial charge is 0.251 e. The molecule has 0 radical (unpaired) electrons. The van der Waals surface area contributed by atoms with Crippen molar-refractivity contribution in [2.75, 3.05) is 20.3 Å². The Labute approximate surface area is 175 Å². The van der Waals surface area contributed by atoms with Crippen molar-refractivity contribution >= 4 is 39.1 Å². The van der Waals surface area contributed by atoms with Crippen molar-refractivity contribution in [1.29, 1.82) is 0 Å². The molecule has 0 heterocycles. The standard InChI is InChI=1S/C19H22Cl2N2O4S/c1-13(10-14-6-7-16(20)12-18(14)21)23-19(24)15-4-3-5-17(11-15)28(25,26)22-8-9-27-2/h3-7,11-13,22H,8-10H2,1-2H3,(H,23,24). The van der Waals surface area contributed by atoms with Crippen LogP contribution in [-0.4, -0.2) is 40.6 Å². The summed E-state index contributed by atoms with van der Waals surface area (Å²) >= 11 is 12.1. The van der Waals surface area contributed by atoms with Gasteiger partial charge in [-0.1, -0.05) is 35.3 Å². The zero-order valence-corrected chi connectivity index (χ0v) is 17.9. The number of sulfonamides is 1. The molecule has 0 aliphatic rings. The predicted molar refractivity (Wildman–Crippen MR) is 111 cm³/mol. The molecule has 2 N–H and O–H groups in total. The van der Waals surface area contributed by atoms with Crippen LogP contribution in [-0.2, 0) is 21.2 Å². The van der Waals surface area contributed by atoms with Crippen molar-refractivity contribution in [3.63, 3.8) is 0 Å². The SMILES string of the molecule is COCCNS(=O)(=O)c1cccc(C(=O)NC(C)Cc2ccc(Cl)cc2Cl)c1. The van der Waals surface area contributed by atoms with E-state index in [-0.39, 0.29) is 35.6 Å². The number of hydrogen-bond acceptors (Lipinski definition) is 4. The Morgan fingerprint density at radius 1 is 1.18 bits per heavy atom. The third kappa shape index (κ3) is 6.46. The van der Waals surface area contributed by atoms with E-state index >= 15 is 0 Å². The van der Waals surface area contributed by atoms with Gasteiger partial charge in [0.1, 0.15) is 0 Å². The fraction of sp³-hybridized carbons (Fsp3) is 0.316. The highest BCUT2D eigenvalue weighted by molar-refractivity contribution is 7.89. The average Bonchev–Trinajstić information content (AvgIpc) is 2.64. The lowest BCUT2D eigenvalue weighted by Crippen LogP contribution is -2.34. The number of carbonyl (C=O) groups is 1. The topological polar surface area (TPSA) is 84.5 Å². The maximum Gasteiger partial charge on any atom is 0.251 e. The predicted octanol–water partition coefficient (Wildman–Crippen LogP) is 3.28. The number of hydrogen-bond donors (Lipinski definition) is 2. The maximum absolute atomic E-state index is 12.5. The van der Waals surface area contributed by atoms with Crippen LogP contribution in [0.5, 0.6) is 0 Å². The summed E-state index contributed by atoms with van der Waals surface area (Å²) < 4.78 is 31.8. The molecule has 2 rings (SSSR count). The van der Waals surface area contributed by atoms with Crippen LogP contribution in [0.1, 0.15) is 22.8 Å². The van der Waals surface area contributed by atoms with Crippen LogP contribution in [0.4, 0.5) is 0 Å². The Kier molecular flexibility index (Phi) is 8.27. The maximum atomic E-state index is 12.5. The van der Waals surface area contributed by atoms with E-state index in [4.69, 9.17) is 27.9 Å². The molecule has 1 unspecified atom stereocenters. The van der Waals surface area contributed by atoms with Crippen LogP contribution in [0.15, 0.2) is 47.4 Å². The lowest BCUT2D eigenvalue weighted by molar-refractivity contribution is 0.0940. The minimum Gasteiger partial charge on any atom is -0.383 e. The zero-order valence-electron chi connectivity index (χ0n) is 15.5. The lowest BCUT2D eigenvalue weighted by Gasteiger charge is -2.15. The van der Waals surface area contributed by atoms with E-state index in [0.29, 0.717) is 16.5 Å². The van der Waals surface area contributed by atoms with Crippen molar-refractivity contribution < 1.29 is 17.9 Å². The summed E-state index contributed by atoms with van der Waals surface area (Å²) in [6.07, 6.45) is 0.512. The number of halogens is 2. The summed E-state index contributed by atoms with van der Waals surface area (Å²) in [5.41, 5.74) is 1.11. The molecule has 0 aliphatic heterocycles. The monoisotopic (exact) mass is 444 g/mol. The average molecular weight is 445 g/mol. The Morgan fingerprint density at radius 2 is 1.93 bits per heavy atom. The van der Waals surface area contributed by atoms with Crippen molar-refractivity contribution in [1.82, 2.24) is 10.0 Å². The third-order valence-corrected chi connectivity index (χ3v) is 5.97. The van der Waals surface area contributed by atoms with Gasteiger partial charge in [-0.2, -0.15) is 0 Å². The van der Waals surface area contributed by atoms with Crippen molar-refractivity contribution in [3.8, 4) is 0 Å². The number of nitrogens with one attached hydrogen (secondary N) is 2. The van der Waals surface area contributed by atoms with Crippen LogP contribution < -0.4 is 10.0 Å². The molecular weight excluding hydrogens is 423 g/mol. The molecule has 0 saturated heterocycles. The second-order valence-corrected chi connectivity index (χ2v) is 8.84. The molecular formula is C19H22Cl2N2O4S. The van der Waals surface area contributed by atoms with E-state index in [1.54, 1.807) is 18.2 Å². The number of benzene rings is 2. The quantitative estimate of drug-likeness (QED) is 0.581. The van der Waals surface area contributed by atoms with E-state index < -0.39 is 10.0 Å². The zero-order chi connectivity index (χ0) is 20.7. The summed E-state index contributed by atoms with van der Waals surface area (Å²) in [6.45, 7) is 2.24. The lowest BCUT2D eigenvalue weighted by atomic mass is 10.1. The Morgan fingerprint density at radius 3 is 2.61 bits per heavy atom. The molecule has 0 saturated carbocycles. The molecule has 0 spiro atoms. The molecule has 0 aromatic heterocycles. The van der Waals surface area contributed by atoms with Gasteiger partial charge in [0.15, 0.2) is 0 Å². The first-order valence-electron chi connectivity index (χ1n) is 8.56. The molecule has 152 valence electrons. The summed E-state index contributed by atoms with van der Waals surface area (Å²) in [5.74, 6) is -0.369. The minimum atomic E-state index is -3.72. The summed E-state index contributed by atoms with van der Waals surface area (Å²) in [6, 6.07) is 10.8. The first kappa shape index (κ1) is 22.6. The number of ether oxygens (including phenoxy) is 1. The van der Waals surface area contributed by atoms with E-state index in [2.05, 4.69) is 10.0 Å². The molecule has 2 aromatic rings. The van der Waals surface area contributed by atoms with Gasteiger partial charge in [-0.3, -0.25) is 4.79 Å². The van der Waals surface area contributed by atoms with Gasteiger partial charge >= 0.3 is 0 Å². The molecule has 2 aromatic carbocycles. The first-order chi connectivity index (χ1) is 13.2. The fourth-order valence-electron chi connectivity index (χ4n) is 2.54. The first-order valence-corrected chi connectivity index (χ1v) is 10.8. The number of methoxy groups -OCH3 is 1. The van der Waals surface area contributed by atoms with Gasteiger partial charge in [0.05, 0.1) is 11.5 Å². The number of rotatable bonds is 9. The van der Waals surface area contributed by atoms with E-state index in [1.807, 2.05) is 13.0 Å². The van der Waals surface area contributed by atoms with Crippen LogP contribution in [0.3, 0.4) is 0 Å². The van der Waals surface area contributed by atoms with Gasteiger partial charge in [0, 0.05) is 35.3 Å². The number of carbonyl (C=O) groups excluding carboxylic acids is 1. The normalized spacial score (nSPS) is 12.6. The summed E-state index contributed by atoms with van der Waals surface area (Å²) in [5, 5.41) is 3.93. The molecule has 0 aliphatic carbocycles. The second-order valence-electron chi connectivity index (χ2n) is 6.23. The van der Waals surface area contributed by atoms with Gasteiger partial charge in [0.25, 0.3) is 5.91 Å². The van der Waals surface area contributed by atoms with E-state index in [0.717, 1.165) is 5.56 Å². The van der Waals surface area contributed by atoms with Crippen molar-refractivity contribution in [2.24, 2.45) is 0 Å². The van der Waals surface area contributed by atoms with Crippen LogP contribution in [0, 0.1) is 0 Å². The van der Waals surface area contributed by atoms with Crippen LogP contribution >= 0.6 is 23.2 Å². The number of amides is 1. The molecule has 0 fully saturated rings.